The van der Waals surface area contributed by atoms with E-state index in [1.54, 1.807) is 12.3 Å². The molecule has 0 bridgehead atoms. The molecule has 3 heterocycles. The summed E-state index contributed by atoms with van der Waals surface area (Å²) in [5.41, 5.74) is 0.489. The van der Waals surface area contributed by atoms with Crippen LogP contribution in [0.3, 0.4) is 0 Å². The number of nitrogens with one attached hydrogen (secondary N) is 1. The van der Waals surface area contributed by atoms with E-state index in [1.165, 1.54) is 11.3 Å². The van der Waals surface area contributed by atoms with Gasteiger partial charge in [-0.1, -0.05) is 0 Å². The van der Waals surface area contributed by atoms with Crippen LogP contribution in [0.5, 0.6) is 0 Å². The summed E-state index contributed by atoms with van der Waals surface area (Å²) in [4.78, 5) is 20.4. The zero-order chi connectivity index (χ0) is 18.6. The topological polar surface area (TPSA) is 48.5 Å². The minimum Gasteiger partial charge on any atom is -0.357 e. The van der Waals surface area contributed by atoms with Crippen molar-refractivity contribution in [3.05, 3.63) is 23.9 Å². The Bertz CT molecular complexity index is 591. The number of pyridine rings is 1. The molecule has 2 aliphatic heterocycles. The van der Waals surface area contributed by atoms with Gasteiger partial charge in [0.25, 0.3) is 5.91 Å². The summed E-state index contributed by atoms with van der Waals surface area (Å²) < 4.78 is 37.2. The fraction of sp³-hybridized carbons (Fsp3) is 0.667. The Hall–Kier alpha value is -1.83. The van der Waals surface area contributed by atoms with Crippen LogP contribution in [0, 0.1) is 0 Å². The molecule has 0 radical (unpaired) electrons. The van der Waals surface area contributed by atoms with Gasteiger partial charge >= 0.3 is 6.18 Å². The fourth-order valence-corrected chi connectivity index (χ4v) is 3.59. The number of likely N-dealkylation sites (tertiary alicyclic amines) is 1. The normalized spacial score (nSPS) is 20.2. The summed E-state index contributed by atoms with van der Waals surface area (Å²) in [6.45, 7) is 1.80. The second kappa shape index (κ2) is 8.24. The molecule has 0 saturated carbocycles. The molecule has 0 aliphatic carbocycles. The first-order valence-electron chi connectivity index (χ1n) is 9.22. The van der Waals surface area contributed by atoms with Crippen LogP contribution in [0.2, 0.25) is 0 Å². The van der Waals surface area contributed by atoms with Gasteiger partial charge in [-0.3, -0.25) is 9.69 Å². The highest BCUT2D eigenvalue weighted by Gasteiger charge is 2.32. The lowest BCUT2D eigenvalue weighted by Gasteiger charge is -2.32. The number of hydrogen-bond acceptors (Lipinski definition) is 4. The molecule has 1 amide bonds. The fourth-order valence-electron chi connectivity index (χ4n) is 3.59. The predicted octanol–water partition coefficient (Wildman–Crippen LogP) is 2.83. The van der Waals surface area contributed by atoms with E-state index in [0.717, 1.165) is 31.7 Å². The van der Waals surface area contributed by atoms with E-state index in [4.69, 9.17) is 0 Å². The maximum absolute atomic E-state index is 12.4. The molecule has 2 fully saturated rings. The SMILES string of the molecule is O=C(NC1CCN(CC(F)(F)F)CC1)c1ccc(N2CCCCC2)nc1. The van der Waals surface area contributed by atoms with Crippen LogP contribution in [0.4, 0.5) is 19.0 Å². The summed E-state index contributed by atoms with van der Waals surface area (Å²) in [5, 5.41) is 2.92. The molecule has 3 rings (SSSR count). The zero-order valence-corrected chi connectivity index (χ0v) is 14.8. The first-order chi connectivity index (χ1) is 12.4. The van der Waals surface area contributed by atoms with Crippen molar-refractivity contribution >= 4 is 11.7 Å². The molecule has 0 atom stereocenters. The van der Waals surface area contributed by atoms with Crippen LogP contribution in [-0.4, -0.2) is 60.7 Å². The van der Waals surface area contributed by atoms with E-state index in [2.05, 4.69) is 15.2 Å². The third kappa shape index (κ3) is 5.33. The Balaban J connectivity index is 1.48. The highest BCUT2D eigenvalue weighted by atomic mass is 19.4. The van der Waals surface area contributed by atoms with Gasteiger partial charge in [-0.05, 0) is 44.2 Å². The molecule has 1 aromatic heterocycles. The largest absolute Gasteiger partial charge is 0.401 e. The number of halogens is 3. The Morgan fingerprint density at radius 2 is 1.81 bits per heavy atom. The van der Waals surface area contributed by atoms with E-state index in [1.807, 2.05) is 6.07 Å². The van der Waals surface area contributed by atoms with Gasteiger partial charge < -0.3 is 10.2 Å². The second-order valence-electron chi connectivity index (χ2n) is 7.09. The molecule has 2 aliphatic rings. The first kappa shape index (κ1) is 18.9. The highest BCUT2D eigenvalue weighted by Crippen LogP contribution is 2.20. The van der Waals surface area contributed by atoms with Crippen molar-refractivity contribution in [3.63, 3.8) is 0 Å². The van der Waals surface area contributed by atoms with Crippen molar-refractivity contribution in [2.24, 2.45) is 0 Å². The van der Waals surface area contributed by atoms with Gasteiger partial charge in [-0.2, -0.15) is 13.2 Å². The lowest BCUT2D eigenvalue weighted by molar-refractivity contribution is -0.148. The van der Waals surface area contributed by atoms with E-state index >= 15 is 0 Å². The van der Waals surface area contributed by atoms with Crippen LogP contribution in [0.25, 0.3) is 0 Å². The predicted molar refractivity (Wildman–Crippen MR) is 93.3 cm³/mol. The van der Waals surface area contributed by atoms with Gasteiger partial charge in [0.05, 0.1) is 12.1 Å². The quantitative estimate of drug-likeness (QED) is 0.886. The monoisotopic (exact) mass is 370 g/mol. The number of carbonyl (C=O) groups is 1. The third-order valence-electron chi connectivity index (χ3n) is 5.02. The lowest BCUT2D eigenvalue weighted by Crippen LogP contribution is -2.47. The molecule has 2 saturated heterocycles. The van der Waals surface area contributed by atoms with Gasteiger partial charge in [-0.15, -0.1) is 0 Å². The smallest absolute Gasteiger partial charge is 0.357 e. The van der Waals surface area contributed by atoms with Gasteiger partial charge in [-0.25, -0.2) is 4.98 Å². The standard InChI is InChI=1S/C18H25F3N4O/c19-18(20,21)13-24-10-6-15(7-11-24)23-17(26)14-4-5-16(22-12-14)25-8-2-1-3-9-25/h4-5,12,15H,1-3,6-11,13H2,(H,23,26). The zero-order valence-electron chi connectivity index (χ0n) is 14.8. The van der Waals surface area contributed by atoms with Gasteiger partial charge in [0.15, 0.2) is 0 Å². The van der Waals surface area contributed by atoms with Crippen molar-refractivity contribution in [3.8, 4) is 0 Å². The maximum Gasteiger partial charge on any atom is 0.401 e. The van der Waals surface area contributed by atoms with E-state index < -0.39 is 12.7 Å². The molecule has 1 N–H and O–H groups in total. The molecular formula is C18H25F3N4O. The molecule has 26 heavy (non-hydrogen) atoms. The van der Waals surface area contributed by atoms with Crippen molar-refractivity contribution in [2.75, 3.05) is 37.6 Å². The molecule has 1 aromatic rings. The molecule has 5 nitrogen and oxygen atoms in total. The van der Waals surface area contributed by atoms with Gasteiger partial charge in [0, 0.05) is 38.4 Å². The third-order valence-corrected chi connectivity index (χ3v) is 5.02. The van der Waals surface area contributed by atoms with Crippen LogP contribution in [0.1, 0.15) is 42.5 Å². The Kier molecular flexibility index (Phi) is 6.01. The summed E-state index contributed by atoms with van der Waals surface area (Å²) in [6, 6.07) is 3.55. The van der Waals surface area contributed by atoms with E-state index in [-0.39, 0.29) is 11.9 Å². The number of rotatable bonds is 4. The maximum atomic E-state index is 12.4. The van der Waals surface area contributed by atoms with Gasteiger partial charge in [0.1, 0.15) is 5.82 Å². The first-order valence-corrected chi connectivity index (χ1v) is 9.22. The molecule has 144 valence electrons. The van der Waals surface area contributed by atoms with Gasteiger partial charge in [0.2, 0.25) is 0 Å². The van der Waals surface area contributed by atoms with Crippen molar-refractivity contribution in [1.82, 2.24) is 15.2 Å². The molecule has 0 aromatic carbocycles. The van der Waals surface area contributed by atoms with Crippen molar-refractivity contribution < 1.29 is 18.0 Å². The number of amides is 1. The number of hydrogen-bond donors (Lipinski definition) is 1. The van der Waals surface area contributed by atoms with Crippen LogP contribution in [0.15, 0.2) is 18.3 Å². The lowest BCUT2D eigenvalue weighted by atomic mass is 10.0. The van der Waals surface area contributed by atoms with Crippen LogP contribution >= 0.6 is 0 Å². The molecule has 0 spiro atoms. The Labute approximate surface area is 151 Å². The number of carbonyl (C=O) groups excluding carboxylic acids is 1. The number of aromatic nitrogens is 1. The summed E-state index contributed by atoms with van der Waals surface area (Å²) in [7, 11) is 0. The van der Waals surface area contributed by atoms with Crippen LogP contribution in [-0.2, 0) is 0 Å². The second-order valence-corrected chi connectivity index (χ2v) is 7.09. The number of nitrogens with zero attached hydrogens (tertiary/aromatic N) is 3. The highest BCUT2D eigenvalue weighted by molar-refractivity contribution is 5.94. The average Bonchev–Trinajstić information content (AvgIpc) is 2.63. The van der Waals surface area contributed by atoms with Crippen molar-refractivity contribution in [2.45, 2.75) is 44.3 Å². The van der Waals surface area contributed by atoms with Crippen molar-refractivity contribution in [1.29, 1.82) is 0 Å². The summed E-state index contributed by atoms with van der Waals surface area (Å²) in [5.74, 6) is 0.679. The minimum atomic E-state index is -4.17. The molecular weight excluding hydrogens is 345 g/mol. The number of alkyl halides is 3. The summed E-state index contributed by atoms with van der Waals surface area (Å²) >= 11 is 0. The number of anilines is 1. The molecule has 8 heteroatoms. The van der Waals surface area contributed by atoms with E-state index in [9.17, 15) is 18.0 Å². The van der Waals surface area contributed by atoms with E-state index in [0.29, 0.717) is 31.5 Å². The average molecular weight is 370 g/mol. The summed E-state index contributed by atoms with van der Waals surface area (Å²) in [6.07, 6.45) is 2.05. The Morgan fingerprint density at radius 1 is 1.12 bits per heavy atom. The molecule has 0 unspecified atom stereocenters. The minimum absolute atomic E-state index is 0.0891. The number of piperidine rings is 2. The van der Waals surface area contributed by atoms with Crippen LogP contribution < -0.4 is 10.2 Å². The Morgan fingerprint density at radius 3 is 2.38 bits per heavy atom.